The molecule has 50 valence electrons. The summed E-state index contributed by atoms with van der Waals surface area (Å²) in [6.07, 6.45) is 1.39. The summed E-state index contributed by atoms with van der Waals surface area (Å²) in [7, 11) is 0. The Bertz CT molecular complexity index is 61.3. The minimum atomic E-state index is -1.52. The quantitative estimate of drug-likeness (QED) is 0.688. The van der Waals surface area contributed by atoms with Crippen molar-refractivity contribution in [2.24, 2.45) is 0 Å². The van der Waals surface area contributed by atoms with E-state index in [1.807, 2.05) is 0 Å². The fourth-order valence-corrected chi connectivity index (χ4v) is 5.37. The average molecular weight is 309 g/mol. The van der Waals surface area contributed by atoms with Gasteiger partial charge in [0.25, 0.3) is 0 Å². The number of hydrogen-bond acceptors (Lipinski definition) is 0. The summed E-state index contributed by atoms with van der Waals surface area (Å²) >= 11 is -1.52. The molecule has 0 spiro atoms. The second-order valence-corrected chi connectivity index (χ2v) is 25.9. The van der Waals surface area contributed by atoms with Crippen LogP contribution in [0.2, 0.25) is 16.9 Å². The third-order valence-corrected chi connectivity index (χ3v) is 15.2. The van der Waals surface area contributed by atoms with Gasteiger partial charge in [-0.15, -0.1) is 0 Å². The van der Waals surface area contributed by atoms with E-state index in [4.69, 9.17) is 0 Å². The molecule has 0 aromatic rings. The van der Waals surface area contributed by atoms with Gasteiger partial charge in [-0.3, -0.25) is 0 Å². The molecule has 0 saturated heterocycles. The second-order valence-electron chi connectivity index (χ2n) is 3.68. The van der Waals surface area contributed by atoms with Gasteiger partial charge >= 0.3 is 58.4 Å². The van der Waals surface area contributed by atoms with Gasteiger partial charge in [-0.05, 0) is 0 Å². The number of hydrogen-bond donors (Lipinski definition) is 0. The minimum absolute atomic E-state index is 1.07. The summed E-state index contributed by atoms with van der Waals surface area (Å²) in [4.78, 5) is 0. The van der Waals surface area contributed by atoms with Gasteiger partial charge in [0.15, 0.2) is 0 Å². The van der Waals surface area contributed by atoms with Crippen LogP contribution in [0.15, 0.2) is 0 Å². The first-order valence-electron chi connectivity index (χ1n) is 3.48. The maximum atomic E-state index is 2.52. The van der Waals surface area contributed by atoms with Crippen molar-refractivity contribution in [1.82, 2.24) is 0 Å². The van der Waals surface area contributed by atoms with Gasteiger partial charge in [0.05, 0.1) is 0 Å². The molecule has 0 heterocycles. The van der Waals surface area contributed by atoms with Gasteiger partial charge in [-0.1, -0.05) is 0 Å². The monoisotopic (exact) mass is 310 g/mol. The maximum absolute atomic E-state index is 2.52. The molecule has 1 heteroatoms. The predicted octanol–water partition coefficient (Wildman–Crippen LogP) is 3.12. The molecule has 0 aliphatic carbocycles. The normalized spacial score (nSPS) is 16.1. The zero-order valence-corrected chi connectivity index (χ0v) is 10.7. The first-order valence-corrected chi connectivity index (χ1v) is 17.4. The van der Waals surface area contributed by atoms with Crippen LogP contribution in [0.4, 0.5) is 0 Å². The Balaban J connectivity index is 3.62. The average Bonchev–Trinajstić information content (AvgIpc) is 1.62. The Kier molecular flexibility index (Phi) is 3.55. The van der Waals surface area contributed by atoms with Gasteiger partial charge in [0, 0.05) is 0 Å². The molecule has 0 bridgehead atoms. The standard InChI is InChI=1S/C4H9.3CH3.Pb/c1-3-4-2;;;;/h3H,4H2,1-2H3;3*1H3;. The van der Waals surface area contributed by atoms with E-state index >= 15 is 0 Å². The summed E-state index contributed by atoms with van der Waals surface area (Å²) in [5.41, 5.74) is 0. The molecule has 0 saturated carbocycles. The van der Waals surface area contributed by atoms with Crippen molar-refractivity contribution < 1.29 is 0 Å². The fraction of sp³-hybridized carbons (Fsp3) is 1.00. The molecule has 8 heavy (non-hydrogen) atoms. The molecule has 0 amide bonds. The fourth-order valence-electron chi connectivity index (χ4n) is 0.612. The SMILES string of the molecule is CC[CH](C)[Pb]([CH3])([CH3])[CH3]. The topological polar surface area (TPSA) is 0 Å². The van der Waals surface area contributed by atoms with Crippen molar-refractivity contribution >= 4 is 21.2 Å². The molecule has 0 aromatic carbocycles. The molecular weight excluding hydrogens is 291 g/mol. The van der Waals surface area contributed by atoms with Crippen LogP contribution < -0.4 is 0 Å². The van der Waals surface area contributed by atoms with E-state index < -0.39 is 21.2 Å². The molecular formula is C7H18Pb. The molecule has 1 atom stereocenters. The zero-order valence-electron chi connectivity index (χ0n) is 6.78. The summed E-state index contributed by atoms with van der Waals surface area (Å²) in [6.45, 7) is 4.71. The van der Waals surface area contributed by atoms with Gasteiger partial charge in [-0.25, -0.2) is 0 Å². The van der Waals surface area contributed by atoms with Gasteiger partial charge in [0.2, 0.25) is 0 Å². The van der Waals surface area contributed by atoms with Gasteiger partial charge in [0.1, 0.15) is 0 Å². The van der Waals surface area contributed by atoms with Crippen LogP contribution in [0, 0.1) is 0 Å². The van der Waals surface area contributed by atoms with Crippen LogP contribution in [-0.2, 0) is 0 Å². The Hall–Kier alpha value is 0.922. The third kappa shape index (κ3) is 3.05. The van der Waals surface area contributed by atoms with Crippen molar-refractivity contribution in [3.05, 3.63) is 0 Å². The van der Waals surface area contributed by atoms with Crippen LogP contribution in [0.3, 0.4) is 0 Å². The van der Waals surface area contributed by atoms with Crippen molar-refractivity contribution in [2.75, 3.05) is 0 Å². The van der Waals surface area contributed by atoms with Crippen LogP contribution in [-0.4, -0.2) is 21.2 Å². The first kappa shape index (κ1) is 8.92. The van der Waals surface area contributed by atoms with Crippen molar-refractivity contribution in [3.8, 4) is 0 Å². The Morgan fingerprint density at radius 3 is 1.62 bits per heavy atom. The Morgan fingerprint density at radius 2 is 1.62 bits per heavy atom. The van der Waals surface area contributed by atoms with E-state index in [9.17, 15) is 0 Å². The molecule has 0 aromatic heterocycles. The molecule has 0 nitrogen and oxygen atoms in total. The second kappa shape index (κ2) is 3.18. The van der Waals surface area contributed by atoms with E-state index in [2.05, 4.69) is 27.3 Å². The molecule has 0 aliphatic heterocycles. The van der Waals surface area contributed by atoms with E-state index in [1.165, 1.54) is 6.42 Å². The van der Waals surface area contributed by atoms with Crippen molar-refractivity contribution in [1.29, 1.82) is 0 Å². The molecule has 1 unspecified atom stereocenters. The molecule has 0 fully saturated rings. The first-order chi connectivity index (χ1) is 3.48. The summed E-state index contributed by atoms with van der Waals surface area (Å²) in [5, 5.41) is 0. The van der Waals surface area contributed by atoms with E-state index in [0.29, 0.717) is 0 Å². The summed E-state index contributed by atoms with van der Waals surface area (Å²) in [5.74, 6) is 0. The van der Waals surface area contributed by atoms with E-state index in [0.717, 1.165) is 3.48 Å². The van der Waals surface area contributed by atoms with Crippen molar-refractivity contribution in [3.63, 3.8) is 0 Å². The van der Waals surface area contributed by atoms with Crippen LogP contribution in [0.25, 0.3) is 0 Å². The summed E-state index contributed by atoms with van der Waals surface area (Å²) in [6, 6.07) is 0. The predicted molar refractivity (Wildman–Crippen MR) is 43.1 cm³/mol. The van der Waals surface area contributed by atoms with Crippen molar-refractivity contribution in [2.45, 2.75) is 37.2 Å². The molecule has 0 radical (unpaired) electrons. The van der Waals surface area contributed by atoms with Gasteiger partial charge in [-0.2, -0.15) is 0 Å². The molecule has 0 N–H and O–H groups in total. The van der Waals surface area contributed by atoms with Crippen LogP contribution >= 0.6 is 0 Å². The van der Waals surface area contributed by atoms with Crippen LogP contribution in [0.1, 0.15) is 20.3 Å². The van der Waals surface area contributed by atoms with E-state index in [-0.39, 0.29) is 0 Å². The summed E-state index contributed by atoms with van der Waals surface area (Å²) < 4.78 is 8.62. The molecule has 0 rings (SSSR count). The Labute approximate surface area is 58.3 Å². The van der Waals surface area contributed by atoms with Crippen LogP contribution in [0.5, 0.6) is 0 Å². The van der Waals surface area contributed by atoms with E-state index in [1.54, 1.807) is 0 Å². The Morgan fingerprint density at radius 1 is 1.25 bits per heavy atom. The number of rotatable bonds is 2. The van der Waals surface area contributed by atoms with Gasteiger partial charge < -0.3 is 0 Å². The zero-order chi connectivity index (χ0) is 6.78. The third-order valence-electron chi connectivity index (χ3n) is 2.09. The molecule has 0 aliphatic rings.